The Hall–Kier alpha value is -0.570. The molecule has 0 unspecified atom stereocenters. The van der Waals surface area contributed by atoms with Gasteiger partial charge in [-0.25, -0.2) is 0 Å². The molecule has 1 N–H and O–H groups in total. The molecule has 1 amide bonds. The minimum atomic E-state index is 0.398. The van der Waals surface area contributed by atoms with Crippen LogP contribution < -0.4 is 5.32 Å². The number of nitrogens with one attached hydrogen (secondary N) is 1. The fraction of sp³-hybridized carbons (Fsp3) is 0.923. The van der Waals surface area contributed by atoms with E-state index in [9.17, 15) is 4.79 Å². The highest BCUT2D eigenvalue weighted by Crippen LogP contribution is 2.28. The molecule has 1 saturated heterocycles. The summed E-state index contributed by atoms with van der Waals surface area (Å²) < 4.78 is 0. The minimum Gasteiger partial charge on any atom is -0.340 e. The van der Waals surface area contributed by atoms with Crippen molar-refractivity contribution in [2.45, 2.75) is 45.6 Å². The summed E-state index contributed by atoms with van der Waals surface area (Å²) in [5.41, 5.74) is 0. The number of rotatable bonds is 6. The van der Waals surface area contributed by atoms with Crippen molar-refractivity contribution in [3.05, 3.63) is 0 Å². The topological polar surface area (TPSA) is 32.3 Å². The van der Waals surface area contributed by atoms with Crippen LogP contribution in [0.2, 0.25) is 0 Å². The zero-order chi connectivity index (χ0) is 11.5. The van der Waals surface area contributed by atoms with Crippen LogP contribution in [0.1, 0.15) is 39.5 Å². The van der Waals surface area contributed by atoms with Crippen LogP contribution in [0.4, 0.5) is 0 Å². The number of hydrogen-bond acceptors (Lipinski definition) is 2. The van der Waals surface area contributed by atoms with Crippen molar-refractivity contribution in [3.8, 4) is 0 Å². The molecule has 0 aromatic heterocycles. The number of carbonyl (C=O) groups excluding carboxylic acids is 1. The first-order chi connectivity index (χ1) is 7.66. The van der Waals surface area contributed by atoms with E-state index in [0.717, 1.165) is 32.5 Å². The second-order valence-corrected chi connectivity index (χ2v) is 5.73. The second-order valence-electron chi connectivity index (χ2n) is 5.73. The van der Waals surface area contributed by atoms with E-state index in [1.54, 1.807) is 0 Å². The number of carbonyl (C=O) groups is 1. The molecule has 0 aromatic carbocycles. The molecule has 0 radical (unpaired) electrons. The van der Waals surface area contributed by atoms with Gasteiger partial charge in [0.05, 0.1) is 0 Å². The SMILES string of the molecule is CC(C)CCN(C(=O)CC1CNC1)C1CC1. The van der Waals surface area contributed by atoms with Crippen LogP contribution in [0, 0.1) is 11.8 Å². The Balaban J connectivity index is 1.77. The zero-order valence-corrected chi connectivity index (χ0v) is 10.5. The lowest BCUT2D eigenvalue weighted by Crippen LogP contribution is -2.46. The van der Waals surface area contributed by atoms with Gasteiger partial charge in [0.15, 0.2) is 0 Å². The van der Waals surface area contributed by atoms with Gasteiger partial charge < -0.3 is 10.2 Å². The Morgan fingerprint density at radius 1 is 1.38 bits per heavy atom. The fourth-order valence-electron chi connectivity index (χ4n) is 2.15. The lowest BCUT2D eigenvalue weighted by atomic mass is 9.98. The summed E-state index contributed by atoms with van der Waals surface area (Å²) in [6.07, 6.45) is 4.37. The molecule has 2 fully saturated rings. The molecule has 16 heavy (non-hydrogen) atoms. The summed E-state index contributed by atoms with van der Waals surface area (Å²) >= 11 is 0. The fourth-order valence-corrected chi connectivity index (χ4v) is 2.15. The molecule has 1 saturated carbocycles. The Kier molecular flexibility index (Phi) is 3.85. The lowest BCUT2D eigenvalue weighted by molar-refractivity contribution is -0.133. The first kappa shape index (κ1) is 11.9. The highest BCUT2D eigenvalue weighted by molar-refractivity contribution is 5.77. The van der Waals surface area contributed by atoms with Gasteiger partial charge in [0.1, 0.15) is 0 Å². The molecular weight excluding hydrogens is 200 g/mol. The Morgan fingerprint density at radius 3 is 2.50 bits per heavy atom. The van der Waals surface area contributed by atoms with Gasteiger partial charge in [-0.2, -0.15) is 0 Å². The van der Waals surface area contributed by atoms with E-state index < -0.39 is 0 Å². The third-order valence-electron chi connectivity index (χ3n) is 3.58. The Bertz CT molecular complexity index is 244. The molecule has 1 heterocycles. The van der Waals surface area contributed by atoms with Gasteiger partial charge in [0, 0.05) is 19.0 Å². The van der Waals surface area contributed by atoms with Gasteiger partial charge in [-0.3, -0.25) is 4.79 Å². The lowest BCUT2D eigenvalue weighted by Gasteiger charge is -2.30. The zero-order valence-electron chi connectivity index (χ0n) is 10.5. The maximum absolute atomic E-state index is 12.1. The molecule has 0 spiro atoms. The van der Waals surface area contributed by atoms with E-state index in [0.29, 0.717) is 23.8 Å². The van der Waals surface area contributed by atoms with Crippen LogP contribution in [0.25, 0.3) is 0 Å². The Morgan fingerprint density at radius 2 is 2.06 bits per heavy atom. The van der Waals surface area contributed by atoms with Gasteiger partial charge >= 0.3 is 0 Å². The van der Waals surface area contributed by atoms with Crippen LogP contribution in [0.5, 0.6) is 0 Å². The quantitative estimate of drug-likeness (QED) is 0.744. The average Bonchev–Trinajstić information content (AvgIpc) is 2.95. The van der Waals surface area contributed by atoms with E-state index in [-0.39, 0.29) is 0 Å². The van der Waals surface area contributed by atoms with E-state index in [1.807, 2.05) is 0 Å². The van der Waals surface area contributed by atoms with Crippen molar-refractivity contribution in [2.24, 2.45) is 11.8 Å². The average molecular weight is 224 g/mol. The summed E-state index contributed by atoms with van der Waals surface area (Å²) in [5, 5.41) is 3.23. The van der Waals surface area contributed by atoms with Gasteiger partial charge in [-0.1, -0.05) is 13.8 Å². The van der Waals surface area contributed by atoms with Gasteiger partial charge in [-0.15, -0.1) is 0 Å². The molecule has 1 aliphatic carbocycles. The van der Waals surface area contributed by atoms with Crippen LogP contribution in [0.3, 0.4) is 0 Å². The van der Waals surface area contributed by atoms with E-state index >= 15 is 0 Å². The summed E-state index contributed by atoms with van der Waals surface area (Å²) in [4.78, 5) is 14.3. The smallest absolute Gasteiger partial charge is 0.223 e. The third kappa shape index (κ3) is 3.21. The highest BCUT2D eigenvalue weighted by atomic mass is 16.2. The maximum atomic E-state index is 12.1. The number of amides is 1. The van der Waals surface area contributed by atoms with Crippen molar-refractivity contribution in [2.75, 3.05) is 19.6 Å². The largest absolute Gasteiger partial charge is 0.340 e. The highest BCUT2D eigenvalue weighted by Gasteiger charge is 2.33. The van der Waals surface area contributed by atoms with Crippen LogP contribution in [-0.2, 0) is 4.79 Å². The van der Waals surface area contributed by atoms with E-state index in [2.05, 4.69) is 24.1 Å². The van der Waals surface area contributed by atoms with E-state index in [1.165, 1.54) is 12.8 Å². The van der Waals surface area contributed by atoms with Crippen LogP contribution >= 0.6 is 0 Å². The van der Waals surface area contributed by atoms with Gasteiger partial charge in [-0.05, 0) is 44.2 Å². The minimum absolute atomic E-state index is 0.398. The molecule has 0 aromatic rings. The first-order valence-corrected chi connectivity index (χ1v) is 6.67. The second kappa shape index (κ2) is 5.17. The molecular formula is C13H24N2O. The molecule has 92 valence electrons. The van der Waals surface area contributed by atoms with Crippen molar-refractivity contribution < 1.29 is 4.79 Å². The van der Waals surface area contributed by atoms with Gasteiger partial charge in [0.25, 0.3) is 0 Å². The summed E-state index contributed by atoms with van der Waals surface area (Å²) in [7, 11) is 0. The standard InChI is InChI=1S/C13H24N2O/c1-10(2)5-6-15(12-3-4-12)13(16)7-11-8-14-9-11/h10-12,14H,3-9H2,1-2H3. The monoisotopic (exact) mass is 224 g/mol. The summed E-state index contributed by atoms with van der Waals surface area (Å²) in [6, 6.07) is 0.583. The summed E-state index contributed by atoms with van der Waals surface area (Å²) in [6.45, 7) is 7.50. The van der Waals surface area contributed by atoms with Gasteiger partial charge in [0.2, 0.25) is 5.91 Å². The van der Waals surface area contributed by atoms with E-state index in [4.69, 9.17) is 0 Å². The number of nitrogens with zero attached hydrogens (tertiary/aromatic N) is 1. The van der Waals surface area contributed by atoms with Crippen LogP contribution in [0.15, 0.2) is 0 Å². The molecule has 3 nitrogen and oxygen atoms in total. The molecule has 0 atom stereocenters. The van der Waals surface area contributed by atoms with Crippen molar-refractivity contribution >= 4 is 5.91 Å². The van der Waals surface area contributed by atoms with Crippen molar-refractivity contribution in [1.82, 2.24) is 10.2 Å². The van der Waals surface area contributed by atoms with Crippen molar-refractivity contribution in [1.29, 1.82) is 0 Å². The number of hydrogen-bond donors (Lipinski definition) is 1. The molecule has 2 rings (SSSR count). The first-order valence-electron chi connectivity index (χ1n) is 6.67. The summed E-state index contributed by atoms with van der Waals surface area (Å²) in [5.74, 6) is 1.70. The molecule has 2 aliphatic rings. The molecule has 3 heteroatoms. The normalized spacial score (nSPS) is 20.9. The predicted molar refractivity (Wildman–Crippen MR) is 65.2 cm³/mol. The third-order valence-corrected chi connectivity index (χ3v) is 3.58. The van der Waals surface area contributed by atoms with Crippen molar-refractivity contribution in [3.63, 3.8) is 0 Å². The predicted octanol–water partition coefficient (Wildman–Crippen LogP) is 1.63. The molecule has 0 bridgehead atoms. The molecule has 1 aliphatic heterocycles. The Labute approximate surface area is 98.6 Å². The van der Waals surface area contributed by atoms with Crippen LogP contribution in [-0.4, -0.2) is 36.5 Å². The maximum Gasteiger partial charge on any atom is 0.223 e.